The first-order valence-corrected chi connectivity index (χ1v) is 16.3. The van der Waals surface area contributed by atoms with Gasteiger partial charge in [0.15, 0.2) is 11.3 Å². The molecule has 0 aliphatic rings. The molecule has 8 aromatic rings. The van der Waals surface area contributed by atoms with E-state index in [1.54, 1.807) is 0 Å². The molecule has 0 unspecified atom stereocenters. The van der Waals surface area contributed by atoms with E-state index in [1.807, 2.05) is 36.4 Å². The first-order valence-electron chi connectivity index (χ1n) is 16.3. The summed E-state index contributed by atoms with van der Waals surface area (Å²) in [5.74, 6) is 1.11. The van der Waals surface area contributed by atoms with Crippen LogP contribution in [-0.2, 0) is 12.8 Å². The van der Waals surface area contributed by atoms with Gasteiger partial charge in [-0.2, -0.15) is 0 Å². The lowest BCUT2D eigenvalue weighted by molar-refractivity contribution is 0.784. The van der Waals surface area contributed by atoms with Crippen LogP contribution >= 0.6 is 0 Å². The molecule has 0 atom stereocenters. The number of unbranched alkanes of at least 4 members (excludes halogenated alkanes) is 2. The number of aryl methyl sites for hydroxylation is 2. The van der Waals surface area contributed by atoms with E-state index >= 15 is 0 Å². The smallest absolute Gasteiger partial charge is 0.163 e. The number of nitrogen functional groups attached to an aromatic ring is 2. The van der Waals surface area contributed by atoms with Gasteiger partial charge in [0.1, 0.15) is 11.6 Å². The fraction of sp³-hybridized carbons (Fsp3) is 0.200. The molecule has 0 aliphatic heterocycles. The van der Waals surface area contributed by atoms with Crippen molar-refractivity contribution in [3.63, 3.8) is 0 Å². The van der Waals surface area contributed by atoms with Gasteiger partial charge < -0.3 is 11.5 Å². The monoisotopic (exact) mass is 602 g/mol. The van der Waals surface area contributed by atoms with Gasteiger partial charge in [-0.15, -0.1) is 0 Å². The standard InChI is InChI=1S/2C20H19N3/c2*1-2-3-12-17-13-8-4-5-9-14(13)18-15-10-6-7-11-16(15)19(21)23-20(18)22-17/h2*4-11H,2-3,12H2,1H3,(H2,21,22,23). The van der Waals surface area contributed by atoms with Gasteiger partial charge in [0, 0.05) is 32.3 Å². The normalized spacial score (nSPS) is 11.5. The zero-order valence-electron chi connectivity index (χ0n) is 26.4. The number of benzene rings is 4. The van der Waals surface area contributed by atoms with Crippen molar-refractivity contribution in [1.82, 2.24) is 19.9 Å². The van der Waals surface area contributed by atoms with Gasteiger partial charge in [0.2, 0.25) is 0 Å². The minimum absolute atomic E-state index is 0.553. The van der Waals surface area contributed by atoms with E-state index in [1.165, 1.54) is 21.5 Å². The predicted molar refractivity (Wildman–Crippen MR) is 195 cm³/mol. The van der Waals surface area contributed by atoms with Crippen LogP contribution in [0.1, 0.15) is 50.9 Å². The third-order valence-electron chi connectivity index (χ3n) is 8.88. The van der Waals surface area contributed by atoms with Gasteiger partial charge in [-0.05, 0) is 47.2 Å². The third kappa shape index (κ3) is 5.20. The molecule has 0 saturated carbocycles. The quantitative estimate of drug-likeness (QED) is 0.184. The molecule has 0 fully saturated rings. The van der Waals surface area contributed by atoms with Crippen LogP contribution in [0.4, 0.5) is 11.6 Å². The van der Waals surface area contributed by atoms with Gasteiger partial charge in [-0.1, -0.05) is 124 Å². The van der Waals surface area contributed by atoms with Gasteiger partial charge in [-0.25, -0.2) is 19.9 Å². The molecular formula is C40H38N6. The second kappa shape index (κ2) is 12.6. The van der Waals surface area contributed by atoms with Gasteiger partial charge in [0.05, 0.1) is 11.4 Å². The van der Waals surface area contributed by atoms with E-state index in [-0.39, 0.29) is 0 Å². The summed E-state index contributed by atoms with van der Waals surface area (Å²) < 4.78 is 0. The highest BCUT2D eigenvalue weighted by Crippen LogP contribution is 2.35. The molecule has 46 heavy (non-hydrogen) atoms. The molecule has 0 aliphatic carbocycles. The third-order valence-corrected chi connectivity index (χ3v) is 8.88. The molecule has 4 N–H and O–H groups in total. The molecule has 6 heteroatoms. The second-order valence-electron chi connectivity index (χ2n) is 11.9. The molecule has 0 amide bonds. The Morgan fingerprint density at radius 2 is 0.717 bits per heavy atom. The van der Waals surface area contributed by atoms with E-state index in [0.29, 0.717) is 11.6 Å². The van der Waals surface area contributed by atoms with E-state index in [0.717, 1.165) is 93.5 Å². The van der Waals surface area contributed by atoms with Gasteiger partial charge in [-0.3, -0.25) is 0 Å². The zero-order valence-corrected chi connectivity index (χ0v) is 26.4. The van der Waals surface area contributed by atoms with E-state index in [9.17, 15) is 0 Å². The molecule has 4 aromatic carbocycles. The van der Waals surface area contributed by atoms with Crippen molar-refractivity contribution in [3.8, 4) is 0 Å². The number of pyridine rings is 4. The molecule has 4 heterocycles. The zero-order chi connectivity index (χ0) is 31.6. The molecule has 0 saturated heterocycles. The first-order chi connectivity index (χ1) is 22.6. The molecule has 0 spiro atoms. The Balaban J connectivity index is 0.000000147. The van der Waals surface area contributed by atoms with Crippen LogP contribution < -0.4 is 11.5 Å². The highest BCUT2D eigenvalue weighted by molar-refractivity contribution is 6.21. The molecule has 4 aromatic heterocycles. The fourth-order valence-corrected chi connectivity index (χ4v) is 6.59. The van der Waals surface area contributed by atoms with E-state index in [4.69, 9.17) is 21.4 Å². The summed E-state index contributed by atoms with van der Waals surface area (Å²) >= 11 is 0. The van der Waals surface area contributed by atoms with Crippen LogP contribution in [0, 0.1) is 0 Å². The maximum absolute atomic E-state index is 6.17. The van der Waals surface area contributed by atoms with Crippen molar-refractivity contribution in [2.75, 3.05) is 11.5 Å². The highest BCUT2D eigenvalue weighted by atomic mass is 14.9. The summed E-state index contributed by atoms with van der Waals surface area (Å²) in [5, 5.41) is 11.3. The van der Waals surface area contributed by atoms with Crippen LogP contribution in [0.2, 0.25) is 0 Å². The Hall–Kier alpha value is -5.36. The van der Waals surface area contributed by atoms with Gasteiger partial charge in [0.25, 0.3) is 0 Å². The molecule has 6 nitrogen and oxygen atoms in total. The topological polar surface area (TPSA) is 104 Å². The molecular weight excluding hydrogens is 564 g/mol. The lowest BCUT2D eigenvalue weighted by atomic mass is 9.99. The van der Waals surface area contributed by atoms with Crippen molar-refractivity contribution < 1.29 is 0 Å². The fourth-order valence-electron chi connectivity index (χ4n) is 6.59. The summed E-state index contributed by atoms with van der Waals surface area (Å²) in [5.41, 5.74) is 16.1. The lowest BCUT2D eigenvalue weighted by Gasteiger charge is -2.12. The van der Waals surface area contributed by atoms with Crippen molar-refractivity contribution in [3.05, 3.63) is 108 Å². The summed E-state index contributed by atoms with van der Waals surface area (Å²) in [4.78, 5) is 18.9. The number of nitrogens with two attached hydrogens (primary N) is 2. The Morgan fingerprint density at radius 1 is 0.413 bits per heavy atom. The van der Waals surface area contributed by atoms with Crippen LogP contribution in [0.25, 0.3) is 65.2 Å². The van der Waals surface area contributed by atoms with Crippen molar-refractivity contribution in [2.45, 2.75) is 52.4 Å². The summed E-state index contributed by atoms with van der Waals surface area (Å²) in [6, 6.07) is 33.3. The van der Waals surface area contributed by atoms with Crippen LogP contribution in [-0.4, -0.2) is 19.9 Å². The Bertz CT molecular complexity index is 2210. The summed E-state index contributed by atoms with van der Waals surface area (Å²) in [7, 11) is 0. The van der Waals surface area contributed by atoms with Crippen molar-refractivity contribution in [1.29, 1.82) is 0 Å². The molecule has 0 radical (unpaired) electrons. The van der Waals surface area contributed by atoms with Crippen LogP contribution in [0.3, 0.4) is 0 Å². The Morgan fingerprint density at radius 3 is 1.07 bits per heavy atom. The average molecular weight is 603 g/mol. The SMILES string of the molecule is CCCCc1nc2nc(N)c3ccccc3c2c2ccccc12.CCCCc1nc2nc(N)c3ccccc3c2c2ccccc12. The molecule has 228 valence electrons. The summed E-state index contributed by atoms with van der Waals surface area (Å²) in [6.07, 6.45) is 6.52. The average Bonchev–Trinajstić information content (AvgIpc) is 3.10. The Labute approximate surface area is 268 Å². The van der Waals surface area contributed by atoms with Gasteiger partial charge >= 0.3 is 0 Å². The Kier molecular flexibility index (Phi) is 8.02. The minimum atomic E-state index is 0.553. The number of hydrogen-bond acceptors (Lipinski definition) is 6. The van der Waals surface area contributed by atoms with Crippen molar-refractivity contribution >= 4 is 76.8 Å². The number of anilines is 2. The van der Waals surface area contributed by atoms with Crippen LogP contribution in [0.5, 0.6) is 0 Å². The second-order valence-corrected chi connectivity index (χ2v) is 11.9. The largest absolute Gasteiger partial charge is 0.383 e. The lowest BCUT2D eigenvalue weighted by Crippen LogP contribution is -1.99. The minimum Gasteiger partial charge on any atom is -0.383 e. The number of rotatable bonds is 6. The molecule has 0 bridgehead atoms. The predicted octanol–water partition coefficient (Wildman–Crippen LogP) is 9.72. The number of hydrogen-bond donors (Lipinski definition) is 2. The van der Waals surface area contributed by atoms with E-state index in [2.05, 4.69) is 84.5 Å². The molecule has 8 rings (SSSR count). The van der Waals surface area contributed by atoms with Crippen molar-refractivity contribution in [2.24, 2.45) is 0 Å². The van der Waals surface area contributed by atoms with Crippen LogP contribution in [0.15, 0.2) is 97.1 Å². The summed E-state index contributed by atoms with van der Waals surface area (Å²) in [6.45, 7) is 4.40. The maximum Gasteiger partial charge on any atom is 0.163 e. The first kappa shape index (κ1) is 29.4. The highest BCUT2D eigenvalue weighted by Gasteiger charge is 2.15. The number of fused-ring (bicyclic) bond motifs is 10. The number of aromatic nitrogens is 4. The van der Waals surface area contributed by atoms with E-state index < -0.39 is 0 Å². The maximum atomic E-state index is 6.17. The number of nitrogens with zero attached hydrogens (tertiary/aromatic N) is 4.